The van der Waals surface area contributed by atoms with Gasteiger partial charge in [0.1, 0.15) is 6.17 Å². The molecular formula is C16H23FN2O2. The van der Waals surface area contributed by atoms with Crippen molar-refractivity contribution in [3.63, 3.8) is 0 Å². The molecule has 2 N–H and O–H groups in total. The van der Waals surface area contributed by atoms with Gasteiger partial charge in [-0.15, -0.1) is 0 Å². The second kappa shape index (κ2) is 4.42. The molecule has 1 amide bonds. The van der Waals surface area contributed by atoms with E-state index in [4.69, 9.17) is 0 Å². The van der Waals surface area contributed by atoms with Crippen LogP contribution < -0.4 is 5.32 Å². The van der Waals surface area contributed by atoms with Crippen molar-refractivity contribution >= 4 is 5.91 Å². The van der Waals surface area contributed by atoms with Crippen molar-refractivity contribution in [2.45, 2.75) is 69.7 Å². The maximum absolute atomic E-state index is 13.4. The van der Waals surface area contributed by atoms with E-state index in [1.54, 1.807) is 6.92 Å². The van der Waals surface area contributed by atoms with E-state index in [2.05, 4.69) is 11.4 Å². The monoisotopic (exact) mass is 294 g/mol. The lowest BCUT2D eigenvalue weighted by molar-refractivity contribution is -0.168. The van der Waals surface area contributed by atoms with Gasteiger partial charge in [0.15, 0.2) is 0 Å². The minimum Gasteiger partial charge on any atom is -0.390 e. The zero-order valence-electron chi connectivity index (χ0n) is 12.7. The third kappa shape index (κ3) is 2.34. The molecule has 4 aliphatic rings. The fourth-order valence-electron chi connectivity index (χ4n) is 5.23. The van der Waals surface area contributed by atoms with Gasteiger partial charge in [0.25, 0.3) is 0 Å². The van der Waals surface area contributed by atoms with Crippen LogP contribution in [0.4, 0.5) is 4.39 Å². The number of carbonyl (C=O) groups excluding carboxylic acids is 1. The molecule has 4 aliphatic carbocycles. The molecule has 5 heteroatoms. The Morgan fingerprint density at radius 2 is 2.05 bits per heavy atom. The van der Waals surface area contributed by atoms with Crippen LogP contribution in [-0.4, -0.2) is 28.3 Å². The van der Waals surface area contributed by atoms with Crippen molar-refractivity contribution in [3.8, 4) is 6.07 Å². The smallest absolute Gasteiger partial charge is 0.226 e. The Morgan fingerprint density at radius 3 is 2.62 bits per heavy atom. The molecule has 0 spiro atoms. The Bertz CT molecular complexity index is 517. The van der Waals surface area contributed by atoms with Crippen molar-refractivity contribution in [1.82, 2.24) is 5.32 Å². The molecule has 0 aromatic rings. The first-order valence-corrected chi connectivity index (χ1v) is 7.80. The SMILES string of the molecule is CC(F)C(C)C(=O)NC12CC3CC(O)(CC(C#N)(C3)C1)C2. The predicted octanol–water partition coefficient (Wildman–Crippen LogP) is 2.07. The first-order chi connectivity index (χ1) is 9.71. The van der Waals surface area contributed by atoms with Crippen molar-refractivity contribution in [1.29, 1.82) is 5.26 Å². The van der Waals surface area contributed by atoms with E-state index < -0.39 is 28.6 Å². The van der Waals surface area contributed by atoms with Crippen LogP contribution in [0.3, 0.4) is 0 Å². The number of carbonyl (C=O) groups is 1. The number of aliphatic hydroxyl groups is 1. The topological polar surface area (TPSA) is 73.1 Å². The number of nitriles is 1. The van der Waals surface area contributed by atoms with Crippen LogP contribution in [0.15, 0.2) is 0 Å². The van der Waals surface area contributed by atoms with Crippen LogP contribution in [0.5, 0.6) is 0 Å². The molecule has 4 bridgehead atoms. The van der Waals surface area contributed by atoms with Gasteiger partial charge in [-0.2, -0.15) is 5.26 Å². The number of hydrogen-bond donors (Lipinski definition) is 2. The van der Waals surface area contributed by atoms with Crippen LogP contribution in [0.2, 0.25) is 0 Å². The van der Waals surface area contributed by atoms with Crippen molar-refractivity contribution in [2.75, 3.05) is 0 Å². The number of hydrogen-bond acceptors (Lipinski definition) is 3. The molecule has 0 aliphatic heterocycles. The van der Waals surface area contributed by atoms with Crippen LogP contribution in [-0.2, 0) is 4.79 Å². The number of nitrogens with zero attached hydrogens (tertiary/aromatic N) is 1. The van der Waals surface area contributed by atoms with Gasteiger partial charge in [0.2, 0.25) is 5.91 Å². The van der Waals surface area contributed by atoms with Gasteiger partial charge in [-0.3, -0.25) is 4.79 Å². The summed E-state index contributed by atoms with van der Waals surface area (Å²) in [6.07, 6.45) is 2.75. The van der Waals surface area contributed by atoms with E-state index >= 15 is 0 Å². The van der Waals surface area contributed by atoms with E-state index in [0.717, 1.165) is 19.3 Å². The maximum atomic E-state index is 13.4. The summed E-state index contributed by atoms with van der Waals surface area (Å²) in [5.74, 6) is -0.723. The molecule has 116 valence electrons. The fourth-order valence-corrected chi connectivity index (χ4v) is 5.23. The highest BCUT2D eigenvalue weighted by atomic mass is 19.1. The molecule has 4 nitrogen and oxygen atoms in total. The Kier molecular flexibility index (Phi) is 3.11. The fraction of sp³-hybridized carbons (Fsp3) is 0.875. The lowest BCUT2D eigenvalue weighted by atomic mass is 9.45. The molecule has 0 aromatic carbocycles. The molecule has 6 atom stereocenters. The van der Waals surface area contributed by atoms with Crippen LogP contribution in [0.1, 0.15) is 52.4 Å². The zero-order valence-corrected chi connectivity index (χ0v) is 12.7. The summed E-state index contributed by atoms with van der Waals surface area (Å²) in [4.78, 5) is 12.3. The molecular weight excluding hydrogens is 271 g/mol. The number of alkyl halides is 1. The normalized spacial score (nSPS) is 46.7. The summed E-state index contributed by atoms with van der Waals surface area (Å²) in [6, 6.07) is 2.40. The third-order valence-electron chi connectivity index (χ3n) is 5.77. The number of nitrogens with one attached hydrogen (secondary N) is 1. The second-order valence-corrected chi connectivity index (χ2v) is 7.86. The highest BCUT2D eigenvalue weighted by molar-refractivity contribution is 5.79. The van der Waals surface area contributed by atoms with Crippen molar-refractivity contribution < 1.29 is 14.3 Å². The summed E-state index contributed by atoms with van der Waals surface area (Å²) in [6.45, 7) is 2.96. The number of rotatable bonds is 3. The van der Waals surface area contributed by atoms with Gasteiger partial charge in [0, 0.05) is 5.54 Å². The largest absolute Gasteiger partial charge is 0.390 e. The Labute approximate surface area is 124 Å². The average Bonchev–Trinajstić information content (AvgIpc) is 2.34. The predicted molar refractivity (Wildman–Crippen MR) is 74.8 cm³/mol. The average molecular weight is 294 g/mol. The summed E-state index contributed by atoms with van der Waals surface area (Å²) in [5, 5.41) is 23.3. The van der Waals surface area contributed by atoms with Gasteiger partial charge in [-0.1, -0.05) is 6.92 Å². The van der Waals surface area contributed by atoms with E-state index in [0.29, 0.717) is 19.3 Å². The summed E-state index contributed by atoms with van der Waals surface area (Å²) < 4.78 is 13.4. The van der Waals surface area contributed by atoms with Gasteiger partial charge in [-0.25, -0.2) is 4.39 Å². The zero-order chi connectivity index (χ0) is 15.5. The van der Waals surface area contributed by atoms with Gasteiger partial charge >= 0.3 is 0 Å². The molecule has 4 rings (SSSR count). The molecule has 21 heavy (non-hydrogen) atoms. The van der Waals surface area contributed by atoms with E-state index in [1.807, 2.05) is 0 Å². The summed E-state index contributed by atoms with van der Waals surface area (Å²) in [7, 11) is 0. The van der Waals surface area contributed by atoms with Crippen molar-refractivity contribution in [3.05, 3.63) is 0 Å². The highest BCUT2D eigenvalue weighted by Gasteiger charge is 2.64. The third-order valence-corrected chi connectivity index (χ3v) is 5.77. The summed E-state index contributed by atoms with van der Waals surface area (Å²) in [5.41, 5.74) is -1.89. The minimum absolute atomic E-state index is 0.282. The van der Waals surface area contributed by atoms with Crippen molar-refractivity contribution in [2.24, 2.45) is 17.3 Å². The highest BCUT2D eigenvalue weighted by Crippen LogP contribution is 2.62. The Morgan fingerprint density at radius 1 is 1.33 bits per heavy atom. The van der Waals surface area contributed by atoms with Gasteiger partial charge in [-0.05, 0) is 51.4 Å². The van der Waals surface area contributed by atoms with E-state index in [9.17, 15) is 19.6 Å². The molecule has 0 saturated heterocycles. The van der Waals surface area contributed by atoms with Gasteiger partial charge < -0.3 is 10.4 Å². The van der Waals surface area contributed by atoms with Crippen LogP contribution >= 0.6 is 0 Å². The Balaban J connectivity index is 1.85. The van der Waals surface area contributed by atoms with E-state index in [1.165, 1.54) is 6.92 Å². The first kappa shape index (κ1) is 14.8. The molecule has 6 unspecified atom stereocenters. The standard InChI is InChI=1S/C16H23FN2O2/c1-10(11(2)17)13(20)19-15-4-12-3-14(6-15,9-18)7-16(21,5-12)8-15/h10-12,21H,3-8H2,1-2H3,(H,19,20). The van der Waals surface area contributed by atoms with Crippen LogP contribution in [0, 0.1) is 28.6 Å². The number of amides is 1. The Hall–Kier alpha value is -1.15. The lowest BCUT2D eigenvalue weighted by Gasteiger charge is -2.63. The van der Waals surface area contributed by atoms with Crippen LogP contribution in [0.25, 0.3) is 0 Å². The molecule has 4 saturated carbocycles. The summed E-state index contributed by atoms with van der Waals surface area (Å²) >= 11 is 0. The number of halogens is 1. The molecule has 0 heterocycles. The lowest BCUT2D eigenvalue weighted by Crippen LogP contribution is -2.68. The first-order valence-electron chi connectivity index (χ1n) is 7.80. The van der Waals surface area contributed by atoms with Gasteiger partial charge in [0.05, 0.1) is 23.0 Å². The maximum Gasteiger partial charge on any atom is 0.226 e. The molecule has 0 aromatic heterocycles. The second-order valence-electron chi connectivity index (χ2n) is 7.86. The molecule has 4 fully saturated rings. The minimum atomic E-state index is -1.20. The van der Waals surface area contributed by atoms with E-state index in [-0.39, 0.29) is 11.8 Å². The quantitative estimate of drug-likeness (QED) is 0.837. The molecule has 0 radical (unpaired) electrons.